The predicted octanol–water partition coefficient (Wildman–Crippen LogP) is 3.30. The van der Waals surface area contributed by atoms with Crippen LogP contribution in [0.2, 0.25) is 0 Å². The van der Waals surface area contributed by atoms with E-state index in [9.17, 15) is 9.90 Å². The van der Waals surface area contributed by atoms with Crippen molar-refractivity contribution in [1.29, 1.82) is 0 Å². The van der Waals surface area contributed by atoms with Gasteiger partial charge in [0.1, 0.15) is 12.0 Å². The van der Waals surface area contributed by atoms with Crippen LogP contribution in [0.15, 0.2) is 29.8 Å². The van der Waals surface area contributed by atoms with Crippen LogP contribution in [0, 0.1) is 0 Å². The Morgan fingerprint density at radius 2 is 1.80 bits per heavy atom. The molecule has 1 aromatic carbocycles. The van der Waals surface area contributed by atoms with E-state index in [1.165, 1.54) is 5.56 Å². The summed E-state index contributed by atoms with van der Waals surface area (Å²) in [5, 5.41) is 9.67. The molecule has 1 rings (SSSR count). The summed E-state index contributed by atoms with van der Waals surface area (Å²) < 4.78 is 0. The van der Waals surface area contributed by atoms with Crippen LogP contribution in [-0.2, 0) is 4.79 Å². The normalized spacial score (nSPS) is 12.5. The summed E-state index contributed by atoms with van der Waals surface area (Å²) in [5.41, 5.74) is 2.26. The molecule has 15 heavy (non-hydrogen) atoms. The molecule has 0 fully saturated rings. The third-order valence-corrected chi connectivity index (χ3v) is 2.40. The average molecular weight is 204 g/mol. The highest BCUT2D eigenvalue weighted by molar-refractivity contribution is 5.84. The molecule has 0 amide bonds. The molecular formula is C13H16O2. The van der Waals surface area contributed by atoms with E-state index in [0.717, 1.165) is 0 Å². The largest absolute Gasteiger partial charge is 0.507 e. The Hall–Kier alpha value is -1.57. The Labute approximate surface area is 90.3 Å². The van der Waals surface area contributed by atoms with Crippen LogP contribution in [0.4, 0.5) is 0 Å². The number of carbonyl (C=O) groups is 1. The van der Waals surface area contributed by atoms with Crippen LogP contribution in [0.1, 0.15) is 37.8 Å². The predicted molar refractivity (Wildman–Crippen MR) is 61.8 cm³/mol. The zero-order valence-corrected chi connectivity index (χ0v) is 9.32. The first-order chi connectivity index (χ1) is 7.06. The Morgan fingerprint density at radius 3 is 2.20 bits per heavy atom. The van der Waals surface area contributed by atoms with Crippen molar-refractivity contribution in [1.82, 2.24) is 0 Å². The molecular weight excluding hydrogens is 188 g/mol. The van der Waals surface area contributed by atoms with Gasteiger partial charge in [-0.25, -0.2) is 0 Å². The molecule has 80 valence electrons. The lowest BCUT2D eigenvalue weighted by Crippen LogP contribution is -1.91. The van der Waals surface area contributed by atoms with Crippen molar-refractivity contribution in [2.75, 3.05) is 0 Å². The van der Waals surface area contributed by atoms with E-state index in [1.54, 1.807) is 6.92 Å². The van der Waals surface area contributed by atoms with Gasteiger partial charge in [-0.3, -0.25) is 4.79 Å². The third-order valence-electron chi connectivity index (χ3n) is 2.40. The summed E-state index contributed by atoms with van der Waals surface area (Å²) >= 11 is 0. The molecule has 0 aromatic heterocycles. The standard InChI is InChI=1S/C13H16O2/c1-9(2)11-4-6-12(7-5-11)13(15)10(3)8-14/h4-9,15H,1-3H3. The molecule has 2 nitrogen and oxygen atoms in total. The Bertz CT molecular complexity index is 372. The maximum atomic E-state index is 10.5. The molecule has 0 aliphatic carbocycles. The number of allylic oxidation sites excluding steroid dienone is 1. The molecule has 0 aliphatic heterocycles. The lowest BCUT2D eigenvalue weighted by molar-refractivity contribution is -0.104. The number of hydrogen-bond donors (Lipinski definition) is 1. The van der Waals surface area contributed by atoms with Gasteiger partial charge in [0.05, 0.1) is 0 Å². The van der Waals surface area contributed by atoms with Crippen molar-refractivity contribution in [2.24, 2.45) is 0 Å². The maximum Gasteiger partial charge on any atom is 0.149 e. The number of aliphatic hydroxyl groups excluding tert-OH is 1. The molecule has 0 saturated heterocycles. The van der Waals surface area contributed by atoms with Crippen molar-refractivity contribution in [3.05, 3.63) is 41.0 Å². The zero-order valence-electron chi connectivity index (χ0n) is 9.32. The van der Waals surface area contributed by atoms with Crippen molar-refractivity contribution < 1.29 is 9.90 Å². The second-order valence-electron chi connectivity index (χ2n) is 3.93. The lowest BCUT2D eigenvalue weighted by atomic mass is 10.0. The second kappa shape index (κ2) is 4.78. The monoisotopic (exact) mass is 204 g/mol. The van der Waals surface area contributed by atoms with Crippen LogP contribution in [0.25, 0.3) is 5.76 Å². The second-order valence-corrected chi connectivity index (χ2v) is 3.93. The summed E-state index contributed by atoms with van der Waals surface area (Å²) in [5.74, 6) is 0.526. The van der Waals surface area contributed by atoms with Crippen LogP contribution < -0.4 is 0 Å². The van der Waals surface area contributed by atoms with Gasteiger partial charge in [0.25, 0.3) is 0 Å². The average Bonchev–Trinajstić information content (AvgIpc) is 2.27. The molecule has 0 aliphatic rings. The van der Waals surface area contributed by atoms with Gasteiger partial charge in [0.15, 0.2) is 0 Å². The SMILES string of the molecule is CC(C=O)=C(O)c1ccc(C(C)C)cc1. The van der Waals surface area contributed by atoms with Crippen LogP contribution in [0.5, 0.6) is 0 Å². The topological polar surface area (TPSA) is 37.3 Å². The third kappa shape index (κ3) is 2.69. The van der Waals surface area contributed by atoms with Gasteiger partial charge in [-0.1, -0.05) is 38.1 Å². The summed E-state index contributed by atoms with van der Waals surface area (Å²) in [6, 6.07) is 7.60. The molecule has 0 atom stereocenters. The molecule has 1 aromatic rings. The Morgan fingerprint density at radius 1 is 1.27 bits per heavy atom. The Kier molecular flexibility index (Phi) is 3.67. The Balaban J connectivity index is 3.04. The van der Waals surface area contributed by atoms with E-state index in [2.05, 4.69) is 13.8 Å². The van der Waals surface area contributed by atoms with Gasteiger partial charge < -0.3 is 5.11 Å². The maximum absolute atomic E-state index is 10.5. The van der Waals surface area contributed by atoms with Gasteiger partial charge in [-0.2, -0.15) is 0 Å². The highest BCUT2D eigenvalue weighted by Gasteiger charge is 2.04. The van der Waals surface area contributed by atoms with Crippen molar-refractivity contribution in [3.63, 3.8) is 0 Å². The van der Waals surface area contributed by atoms with Crippen molar-refractivity contribution in [2.45, 2.75) is 26.7 Å². The summed E-state index contributed by atoms with van der Waals surface area (Å²) in [7, 11) is 0. The quantitative estimate of drug-likeness (QED) is 0.466. The van der Waals surface area contributed by atoms with E-state index in [0.29, 0.717) is 23.3 Å². The highest BCUT2D eigenvalue weighted by Crippen LogP contribution is 2.19. The molecule has 0 unspecified atom stereocenters. The van der Waals surface area contributed by atoms with Gasteiger partial charge in [-0.15, -0.1) is 0 Å². The molecule has 2 heteroatoms. The van der Waals surface area contributed by atoms with E-state index < -0.39 is 0 Å². The fourth-order valence-electron chi connectivity index (χ4n) is 1.31. The number of carbonyl (C=O) groups excluding carboxylic acids is 1. The summed E-state index contributed by atoms with van der Waals surface area (Å²) in [6.07, 6.45) is 0.658. The minimum Gasteiger partial charge on any atom is -0.507 e. The highest BCUT2D eigenvalue weighted by atomic mass is 16.3. The van der Waals surface area contributed by atoms with Crippen molar-refractivity contribution in [3.8, 4) is 0 Å². The first-order valence-corrected chi connectivity index (χ1v) is 5.01. The number of benzene rings is 1. The molecule has 0 saturated carbocycles. The van der Waals surface area contributed by atoms with E-state index in [4.69, 9.17) is 0 Å². The smallest absolute Gasteiger partial charge is 0.149 e. The fourth-order valence-corrected chi connectivity index (χ4v) is 1.31. The molecule has 0 radical (unpaired) electrons. The first kappa shape index (κ1) is 11.5. The minimum atomic E-state index is 0.0558. The van der Waals surface area contributed by atoms with Crippen molar-refractivity contribution >= 4 is 12.0 Å². The first-order valence-electron chi connectivity index (χ1n) is 5.01. The van der Waals surface area contributed by atoms with Crippen LogP contribution in [-0.4, -0.2) is 11.4 Å². The zero-order chi connectivity index (χ0) is 11.4. The van der Waals surface area contributed by atoms with E-state index in [-0.39, 0.29) is 5.76 Å². The van der Waals surface area contributed by atoms with Crippen LogP contribution in [0.3, 0.4) is 0 Å². The fraction of sp³-hybridized carbons (Fsp3) is 0.308. The number of aliphatic hydroxyl groups is 1. The molecule has 0 bridgehead atoms. The van der Waals surface area contributed by atoms with Crippen LogP contribution >= 0.6 is 0 Å². The molecule has 0 spiro atoms. The summed E-state index contributed by atoms with van der Waals surface area (Å²) in [4.78, 5) is 10.5. The van der Waals surface area contributed by atoms with E-state index in [1.807, 2.05) is 24.3 Å². The number of hydrogen-bond acceptors (Lipinski definition) is 2. The summed E-state index contributed by atoms with van der Waals surface area (Å²) in [6.45, 7) is 5.82. The lowest BCUT2D eigenvalue weighted by Gasteiger charge is -2.07. The number of aldehydes is 1. The minimum absolute atomic E-state index is 0.0558. The van der Waals surface area contributed by atoms with Gasteiger partial charge >= 0.3 is 0 Å². The molecule has 0 heterocycles. The van der Waals surface area contributed by atoms with Gasteiger partial charge in [0, 0.05) is 11.1 Å². The van der Waals surface area contributed by atoms with Gasteiger partial charge in [0.2, 0.25) is 0 Å². The van der Waals surface area contributed by atoms with E-state index >= 15 is 0 Å². The number of rotatable bonds is 3. The molecule has 1 N–H and O–H groups in total. The van der Waals surface area contributed by atoms with Gasteiger partial charge in [-0.05, 0) is 18.4 Å².